The summed E-state index contributed by atoms with van der Waals surface area (Å²) in [7, 11) is 0. The van der Waals surface area contributed by atoms with Crippen molar-refractivity contribution in [1.82, 2.24) is 0 Å². The zero-order valence-corrected chi connectivity index (χ0v) is 11.2. The summed E-state index contributed by atoms with van der Waals surface area (Å²) in [5, 5.41) is 16.0. The molecule has 1 aromatic rings. The lowest BCUT2D eigenvalue weighted by molar-refractivity contribution is -0.296. The maximum absolute atomic E-state index is 9.10. The van der Waals surface area contributed by atoms with E-state index in [1.54, 1.807) is 0 Å². The summed E-state index contributed by atoms with van der Waals surface area (Å²) >= 11 is 0. The number of carbonyl (C=O) groups is 1. The highest BCUT2D eigenvalue weighted by Gasteiger charge is 2.28. The van der Waals surface area contributed by atoms with Crippen molar-refractivity contribution in [2.24, 2.45) is 11.8 Å². The molecule has 1 aromatic carbocycles. The molecule has 1 aliphatic rings. The maximum Gasteiger partial charge on any atom is 0.290 e. The molecule has 0 aromatic heterocycles. The molecule has 1 aliphatic carbocycles. The van der Waals surface area contributed by atoms with Gasteiger partial charge in [0, 0.05) is 0 Å². The molecule has 0 bridgehead atoms. The average molecular weight is 266 g/mol. The van der Waals surface area contributed by atoms with Gasteiger partial charge in [0.2, 0.25) is 0 Å². The molecule has 0 saturated heterocycles. The van der Waals surface area contributed by atoms with Gasteiger partial charge in [0.05, 0.1) is 0 Å². The monoisotopic (exact) mass is 266 g/mol. The van der Waals surface area contributed by atoms with Gasteiger partial charge >= 0.3 is 0 Å². The molecule has 0 radical (unpaired) electrons. The number of carboxylic acid groups (broad SMARTS) is 1. The van der Waals surface area contributed by atoms with Crippen LogP contribution in [-0.4, -0.2) is 16.8 Å². The lowest BCUT2D eigenvalue weighted by Gasteiger charge is -2.30. The van der Waals surface area contributed by atoms with Crippen molar-refractivity contribution < 1.29 is 20.0 Å². The molecule has 1 saturated carbocycles. The molecule has 0 spiro atoms. The van der Waals surface area contributed by atoms with Crippen LogP contribution < -0.4 is 0 Å². The van der Waals surface area contributed by atoms with E-state index in [4.69, 9.17) is 20.0 Å². The summed E-state index contributed by atoms with van der Waals surface area (Å²) in [6.45, 7) is 2.05. The van der Waals surface area contributed by atoms with Gasteiger partial charge in [-0.3, -0.25) is 10.1 Å². The van der Waals surface area contributed by atoms with Gasteiger partial charge in [-0.2, -0.15) is 0 Å². The Morgan fingerprint density at radius 2 is 1.74 bits per heavy atom. The molecule has 0 amide bonds. The predicted octanol–water partition coefficient (Wildman–Crippen LogP) is 3.74. The Labute approximate surface area is 114 Å². The fraction of sp³-hybridized carbons (Fsp3) is 0.533. The highest BCUT2D eigenvalue weighted by atomic mass is 17.1. The Bertz CT molecular complexity index is 344. The first-order valence-electron chi connectivity index (χ1n) is 6.66. The van der Waals surface area contributed by atoms with Crippen LogP contribution in [0, 0.1) is 11.8 Å². The Morgan fingerprint density at radius 3 is 2.21 bits per heavy atom. The molecule has 0 heterocycles. The summed E-state index contributed by atoms with van der Waals surface area (Å²) in [6, 6.07) is 10.0. The highest BCUT2D eigenvalue weighted by molar-refractivity contribution is 5.32. The fourth-order valence-corrected chi connectivity index (χ4v) is 2.65. The first kappa shape index (κ1) is 15.7. The van der Waals surface area contributed by atoms with Crippen molar-refractivity contribution in [2.75, 3.05) is 0 Å². The van der Waals surface area contributed by atoms with Crippen LogP contribution in [0.15, 0.2) is 30.3 Å². The van der Waals surface area contributed by atoms with E-state index >= 15 is 0 Å². The second-order valence-electron chi connectivity index (χ2n) is 5.06. The van der Waals surface area contributed by atoms with Crippen molar-refractivity contribution in [3.05, 3.63) is 35.9 Å². The number of hydrogen-bond donors (Lipinski definition) is 2. The molecule has 1 atom stereocenters. The molecule has 106 valence electrons. The maximum atomic E-state index is 9.10. The van der Waals surface area contributed by atoms with Crippen LogP contribution in [-0.2, 0) is 9.68 Å². The Balaban J connectivity index is 0.000000550. The molecule has 1 fully saturated rings. The van der Waals surface area contributed by atoms with Crippen LogP contribution in [0.1, 0.15) is 44.3 Å². The highest BCUT2D eigenvalue weighted by Crippen LogP contribution is 2.38. The van der Waals surface area contributed by atoms with Crippen LogP contribution >= 0.6 is 0 Å². The average Bonchev–Trinajstić information content (AvgIpc) is 2.44. The van der Waals surface area contributed by atoms with E-state index in [2.05, 4.69) is 6.92 Å². The number of benzene rings is 1. The summed E-state index contributed by atoms with van der Waals surface area (Å²) in [6.07, 6.45) is 4.66. The zero-order chi connectivity index (χ0) is 14.1. The molecule has 19 heavy (non-hydrogen) atoms. The molecular formula is C15H22O4. The summed E-state index contributed by atoms with van der Waals surface area (Å²) in [5.74, 6) is 1.29. The van der Waals surface area contributed by atoms with Crippen molar-refractivity contribution in [3.63, 3.8) is 0 Å². The molecule has 0 aliphatic heterocycles. The van der Waals surface area contributed by atoms with Crippen LogP contribution in [0.3, 0.4) is 0 Å². The quantitative estimate of drug-likeness (QED) is 0.497. The minimum absolute atomic E-state index is 0.145. The van der Waals surface area contributed by atoms with E-state index in [9.17, 15) is 0 Å². The van der Waals surface area contributed by atoms with Crippen LogP contribution in [0.2, 0.25) is 0 Å². The largest absolute Gasteiger partial charge is 0.483 e. The Kier molecular flexibility index (Phi) is 7.15. The Hall–Kier alpha value is -1.39. The molecule has 4 heteroatoms. The molecular weight excluding hydrogens is 244 g/mol. The van der Waals surface area contributed by atoms with E-state index in [1.165, 1.54) is 12.8 Å². The normalized spacial score (nSPS) is 23.9. The van der Waals surface area contributed by atoms with Gasteiger partial charge in [-0.05, 0) is 30.2 Å². The first-order chi connectivity index (χ1) is 9.22. The van der Waals surface area contributed by atoms with Crippen LogP contribution in [0.4, 0.5) is 0 Å². The third-order valence-corrected chi connectivity index (χ3v) is 3.73. The van der Waals surface area contributed by atoms with Gasteiger partial charge < -0.3 is 5.11 Å². The molecule has 1 unspecified atom stereocenters. The van der Waals surface area contributed by atoms with Crippen molar-refractivity contribution in [3.8, 4) is 0 Å². The summed E-state index contributed by atoms with van der Waals surface area (Å²) < 4.78 is 0. The fourth-order valence-electron chi connectivity index (χ4n) is 2.65. The SMILES string of the molecule is CC1CCC(C(OO)c2ccccc2)CC1.O=CO. The number of hydrogen-bond acceptors (Lipinski definition) is 3. The first-order valence-corrected chi connectivity index (χ1v) is 6.66. The molecule has 2 rings (SSSR count). The molecule has 2 N–H and O–H groups in total. The van der Waals surface area contributed by atoms with Gasteiger partial charge in [0.15, 0.2) is 0 Å². The van der Waals surface area contributed by atoms with E-state index in [-0.39, 0.29) is 12.6 Å². The van der Waals surface area contributed by atoms with Gasteiger partial charge in [-0.1, -0.05) is 50.1 Å². The minimum atomic E-state index is -0.250. The van der Waals surface area contributed by atoms with Gasteiger partial charge in [-0.25, -0.2) is 4.89 Å². The van der Waals surface area contributed by atoms with Crippen LogP contribution in [0.25, 0.3) is 0 Å². The second-order valence-corrected chi connectivity index (χ2v) is 5.06. The third kappa shape index (κ3) is 5.01. The summed E-state index contributed by atoms with van der Waals surface area (Å²) in [5.41, 5.74) is 1.09. The van der Waals surface area contributed by atoms with E-state index in [0.717, 1.165) is 24.3 Å². The van der Waals surface area contributed by atoms with Crippen molar-refractivity contribution >= 4 is 6.47 Å². The predicted molar refractivity (Wildman–Crippen MR) is 72.7 cm³/mol. The third-order valence-electron chi connectivity index (χ3n) is 3.73. The lowest BCUT2D eigenvalue weighted by Crippen LogP contribution is -2.20. The van der Waals surface area contributed by atoms with Gasteiger partial charge in [0.25, 0.3) is 6.47 Å². The Morgan fingerprint density at radius 1 is 1.21 bits per heavy atom. The van der Waals surface area contributed by atoms with E-state index in [1.807, 2.05) is 30.3 Å². The van der Waals surface area contributed by atoms with Crippen molar-refractivity contribution in [1.29, 1.82) is 0 Å². The van der Waals surface area contributed by atoms with Gasteiger partial charge in [0.1, 0.15) is 6.10 Å². The van der Waals surface area contributed by atoms with Crippen molar-refractivity contribution in [2.45, 2.75) is 38.7 Å². The van der Waals surface area contributed by atoms with Crippen LogP contribution in [0.5, 0.6) is 0 Å². The van der Waals surface area contributed by atoms with Gasteiger partial charge in [-0.15, -0.1) is 0 Å². The lowest BCUT2D eigenvalue weighted by atomic mass is 9.78. The minimum Gasteiger partial charge on any atom is -0.483 e. The number of rotatable bonds is 3. The zero-order valence-electron chi connectivity index (χ0n) is 11.2. The topological polar surface area (TPSA) is 66.8 Å². The molecule has 4 nitrogen and oxygen atoms in total. The van der Waals surface area contributed by atoms with E-state index < -0.39 is 0 Å². The standard InChI is InChI=1S/C14H20O2.CH2O2/c1-11-7-9-13(10-8-11)14(16-15)12-5-3-2-4-6-12;2-1-3/h2-6,11,13-15H,7-10H2,1H3;1H,(H,2,3). The smallest absolute Gasteiger partial charge is 0.290 e. The summed E-state index contributed by atoms with van der Waals surface area (Å²) in [4.78, 5) is 13.1. The van der Waals surface area contributed by atoms with E-state index in [0.29, 0.717) is 5.92 Å². The second kappa shape index (κ2) is 8.67.